The van der Waals surface area contributed by atoms with E-state index in [4.69, 9.17) is 4.74 Å². The monoisotopic (exact) mass is 395 g/mol. The van der Waals surface area contributed by atoms with Crippen molar-refractivity contribution in [3.63, 3.8) is 0 Å². The maximum atomic E-state index is 6.14. The van der Waals surface area contributed by atoms with Gasteiger partial charge >= 0.3 is 0 Å². The van der Waals surface area contributed by atoms with Gasteiger partial charge in [-0.25, -0.2) is 0 Å². The van der Waals surface area contributed by atoms with E-state index >= 15 is 0 Å². The molecule has 4 nitrogen and oxygen atoms in total. The summed E-state index contributed by atoms with van der Waals surface area (Å²) >= 11 is 1.72. The molecule has 1 unspecified atom stereocenters. The Labute approximate surface area is 172 Å². The molecule has 0 saturated carbocycles. The molecular weight excluding hydrogens is 366 g/mol. The Kier molecular flexibility index (Phi) is 6.79. The maximum Gasteiger partial charge on any atom is 0.191 e. The van der Waals surface area contributed by atoms with E-state index in [1.54, 1.807) is 11.8 Å². The zero-order valence-electron chi connectivity index (χ0n) is 17.3. The lowest BCUT2D eigenvalue weighted by atomic mass is 10.0. The molecular formula is C23H29N3OS. The number of thioether (sulfide) groups is 1. The van der Waals surface area contributed by atoms with Crippen molar-refractivity contribution in [1.29, 1.82) is 0 Å². The first-order valence-electron chi connectivity index (χ1n) is 9.86. The van der Waals surface area contributed by atoms with Gasteiger partial charge in [0.25, 0.3) is 0 Å². The molecule has 3 aromatic rings. The van der Waals surface area contributed by atoms with Crippen LogP contribution in [-0.2, 0) is 12.3 Å². The summed E-state index contributed by atoms with van der Waals surface area (Å²) in [5.74, 6) is 3.12. The number of hydrogen-bond acceptors (Lipinski definition) is 4. The maximum absolute atomic E-state index is 6.14. The molecule has 0 spiro atoms. The number of nitrogens with zero attached hydrogens (tertiary/aromatic N) is 3. The van der Waals surface area contributed by atoms with E-state index in [1.807, 2.05) is 19.1 Å². The molecule has 0 saturated heterocycles. The van der Waals surface area contributed by atoms with E-state index in [0.29, 0.717) is 5.92 Å². The summed E-state index contributed by atoms with van der Waals surface area (Å²) in [6.45, 7) is 11.5. The molecule has 5 heteroatoms. The van der Waals surface area contributed by atoms with Crippen molar-refractivity contribution in [2.45, 2.75) is 64.1 Å². The van der Waals surface area contributed by atoms with Crippen LogP contribution in [0.3, 0.4) is 0 Å². The number of rotatable bonds is 8. The molecule has 0 amide bonds. The molecule has 0 aliphatic heterocycles. The van der Waals surface area contributed by atoms with E-state index in [2.05, 4.69) is 78.9 Å². The van der Waals surface area contributed by atoms with E-state index in [1.165, 1.54) is 16.7 Å². The second-order valence-corrected chi connectivity index (χ2v) is 8.23. The molecule has 0 bridgehead atoms. The number of aryl methyl sites for hydroxylation is 1. The van der Waals surface area contributed by atoms with Crippen molar-refractivity contribution < 1.29 is 4.74 Å². The van der Waals surface area contributed by atoms with Crippen LogP contribution in [0.2, 0.25) is 0 Å². The van der Waals surface area contributed by atoms with Crippen molar-refractivity contribution in [3.05, 3.63) is 71.0 Å². The van der Waals surface area contributed by atoms with E-state index in [-0.39, 0.29) is 6.10 Å². The molecule has 0 aliphatic carbocycles. The number of ether oxygens (including phenoxy) is 1. The van der Waals surface area contributed by atoms with Gasteiger partial charge in [-0.2, -0.15) is 0 Å². The largest absolute Gasteiger partial charge is 0.483 e. The zero-order chi connectivity index (χ0) is 20.1. The topological polar surface area (TPSA) is 39.9 Å². The molecule has 148 valence electrons. The van der Waals surface area contributed by atoms with E-state index < -0.39 is 0 Å². The van der Waals surface area contributed by atoms with Gasteiger partial charge in [-0.05, 0) is 55.5 Å². The third-order valence-corrected chi connectivity index (χ3v) is 5.92. The first kappa shape index (κ1) is 20.5. The Morgan fingerprint density at radius 1 is 1.00 bits per heavy atom. The molecule has 0 fully saturated rings. The average Bonchev–Trinajstić information content (AvgIpc) is 3.11. The summed E-state index contributed by atoms with van der Waals surface area (Å²) in [4.78, 5) is 0. The van der Waals surface area contributed by atoms with Crippen molar-refractivity contribution >= 4 is 11.8 Å². The molecule has 1 heterocycles. The second-order valence-electron chi connectivity index (χ2n) is 7.28. The summed E-state index contributed by atoms with van der Waals surface area (Å²) in [6, 6.07) is 16.8. The fraction of sp³-hybridized carbons (Fsp3) is 0.391. The third kappa shape index (κ3) is 4.76. The van der Waals surface area contributed by atoms with Crippen LogP contribution in [0.25, 0.3) is 0 Å². The molecule has 0 radical (unpaired) electrons. The van der Waals surface area contributed by atoms with Crippen LogP contribution in [0.1, 0.15) is 62.2 Å². The Bertz CT molecular complexity index is 902. The Balaban J connectivity index is 1.70. The predicted molar refractivity (Wildman–Crippen MR) is 116 cm³/mol. The summed E-state index contributed by atoms with van der Waals surface area (Å²) in [6.07, 6.45) is -0.162. The first-order chi connectivity index (χ1) is 13.5. The average molecular weight is 396 g/mol. The molecule has 1 atom stereocenters. The highest BCUT2D eigenvalue weighted by Crippen LogP contribution is 2.28. The molecule has 3 rings (SSSR count). The van der Waals surface area contributed by atoms with Gasteiger partial charge in [0.2, 0.25) is 0 Å². The minimum Gasteiger partial charge on any atom is -0.483 e. The second kappa shape index (κ2) is 9.28. The number of aromatic nitrogens is 3. The summed E-state index contributed by atoms with van der Waals surface area (Å²) < 4.78 is 8.29. The Morgan fingerprint density at radius 3 is 2.36 bits per heavy atom. The molecule has 0 N–H and O–H groups in total. The van der Waals surface area contributed by atoms with Gasteiger partial charge in [0.05, 0.1) is 0 Å². The van der Waals surface area contributed by atoms with Crippen LogP contribution in [0.15, 0.2) is 53.7 Å². The van der Waals surface area contributed by atoms with E-state index in [0.717, 1.165) is 29.0 Å². The van der Waals surface area contributed by atoms with Crippen molar-refractivity contribution in [1.82, 2.24) is 14.8 Å². The van der Waals surface area contributed by atoms with Gasteiger partial charge < -0.3 is 9.30 Å². The fourth-order valence-electron chi connectivity index (χ4n) is 3.11. The quantitative estimate of drug-likeness (QED) is 0.428. The summed E-state index contributed by atoms with van der Waals surface area (Å²) in [7, 11) is 0. The first-order valence-corrected chi connectivity index (χ1v) is 10.8. The number of benzene rings is 2. The van der Waals surface area contributed by atoms with E-state index in [9.17, 15) is 0 Å². The van der Waals surface area contributed by atoms with Crippen LogP contribution in [0.4, 0.5) is 0 Å². The SMILES string of the molecule is CCn1c(SCc2ccccc2C)nnc1C(C)Oc1ccc(C(C)C)cc1. The van der Waals surface area contributed by atoms with Gasteiger partial charge in [0.15, 0.2) is 17.1 Å². The van der Waals surface area contributed by atoms with Crippen molar-refractivity contribution in [2.75, 3.05) is 0 Å². The lowest BCUT2D eigenvalue weighted by Crippen LogP contribution is -2.12. The highest BCUT2D eigenvalue weighted by atomic mass is 32.2. The summed E-state index contributed by atoms with van der Waals surface area (Å²) in [5, 5.41) is 9.79. The van der Waals surface area contributed by atoms with Crippen LogP contribution in [0.5, 0.6) is 5.75 Å². The number of hydrogen-bond donors (Lipinski definition) is 0. The molecule has 0 aliphatic rings. The van der Waals surface area contributed by atoms with Crippen LogP contribution in [0, 0.1) is 6.92 Å². The fourth-order valence-corrected chi connectivity index (χ4v) is 4.19. The third-order valence-electron chi connectivity index (χ3n) is 4.90. The van der Waals surface area contributed by atoms with Gasteiger partial charge in [-0.3, -0.25) is 0 Å². The normalized spacial score (nSPS) is 12.4. The lowest BCUT2D eigenvalue weighted by Gasteiger charge is -2.16. The van der Waals surface area contributed by atoms with Crippen LogP contribution < -0.4 is 4.74 Å². The lowest BCUT2D eigenvalue weighted by molar-refractivity contribution is 0.210. The smallest absolute Gasteiger partial charge is 0.191 e. The summed E-state index contributed by atoms with van der Waals surface area (Å²) in [5.41, 5.74) is 3.94. The van der Waals surface area contributed by atoms with Gasteiger partial charge in [-0.1, -0.05) is 62.0 Å². The van der Waals surface area contributed by atoms with Crippen LogP contribution in [-0.4, -0.2) is 14.8 Å². The molecule has 2 aromatic carbocycles. The van der Waals surface area contributed by atoms with Gasteiger partial charge in [0.1, 0.15) is 5.75 Å². The zero-order valence-corrected chi connectivity index (χ0v) is 18.2. The van der Waals surface area contributed by atoms with Crippen molar-refractivity contribution in [2.24, 2.45) is 0 Å². The standard InChI is InChI=1S/C23H29N3OS/c1-6-26-22(18(5)27-21-13-11-19(12-14-21)16(2)3)24-25-23(26)28-15-20-10-8-7-9-17(20)4/h7-14,16,18H,6,15H2,1-5H3. The predicted octanol–water partition coefficient (Wildman–Crippen LogP) is 6.16. The highest BCUT2D eigenvalue weighted by Gasteiger charge is 2.19. The van der Waals surface area contributed by atoms with Crippen LogP contribution >= 0.6 is 11.8 Å². The minimum absolute atomic E-state index is 0.162. The molecule has 1 aromatic heterocycles. The van der Waals surface area contributed by atoms with Gasteiger partial charge in [0, 0.05) is 12.3 Å². The highest BCUT2D eigenvalue weighted by molar-refractivity contribution is 7.98. The minimum atomic E-state index is -0.162. The van der Waals surface area contributed by atoms with Gasteiger partial charge in [-0.15, -0.1) is 10.2 Å². The molecule has 28 heavy (non-hydrogen) atoms. The Morgan fingerprint density at radius 2 is 1.71 bits per heavy atom. The Hall–Kier alpha value is -2.27. The van der Waals surface area contributed by atoms with Crippen molar-refractivity contribution in [3.8, 4) is 5.75 Å².